The van der Waals surface area contributed by atoms with Gasteiger partial charge in [0.05, 0.1) is 15.9 Å². The van der Waals surface area contributed by atoms with Crippen LogP contribution in [0.5, 0.6) is 11.5 Å². The Morgan fingerprint density at radius 2 is 1.61 bits per heavy atom. The van der Waals surface area contributed by atoms with Crippen LogP contribution in [-0.4, -0.2) is 26.6 Å². The SMILES string of the molecule is NS(=O)(=O)c1ccc(OCCOc2cccc([N+](=O)[O-])c2)cc1. The average Bonchev–Trinajstić information content (AvgIpc) is 2.51. The number of nitro groups is 1. The first kappa shape index (κ1) is 16.7. The third kappa shape index (κ3) is 4.94. The first-order chi connectivity index (χ1) is 10.9. The highest BCUT2D eigenvalue weighted by Crippen LogP contribution is 2.19. The number of nitro benzene ring substituents is 1. The molecule has 0 aliphatic heterocycles. The summed E-state index contributed by atoms with van der Waals surface area (Å²) in [5.74, 6) is 0.826. The zero-order valence-electron chi connectivity index (χ0n) is 11.9. The number of ether oxygens (including phenoxy) is 2. The predicted molar refractivity (Wildman–Crippen MR) is 81.9 cm³/mol. The first-order valence-corrected chi connectivity index (χ1v) is 8.04. The molecule has 0 amide bonds. The number of non-ortho nitro benzene ring substituents is 1. The van der Waals surface area contributed by atoms with Gasteiger partial charge in [0.1, 0.15) is 24.7 Å². The van der Waals surface area contributed by atoms with Crippen molar-refractivity contribution in [2.45, 2.75) is 4.90 Å². The molecular weight excluding hydrogens is 324 g/mol. The van der Waals surface area contributed by atoms with Gasteiger partial charge in [0, 0.05) is 6.07 Å². The van der Waals surface area contributed by atoms with Crippen LogP contribution in [0.1, 0.15) is 0 Å². The molecule has 0 fully saturated rings. The predicted octanol–water partition coefficient (Wildman–Crippen LogP) is 1.70. The van der Waals surface area contributed by atoms with Gasteiger partial charge in [-0.25, -0.2) is 13.6 Å². The van der Waals surface area contributed by atoms with E-state index in [9.17, 15) is 18.5 Å². The molecule has 0 aliphatic rings. The Morgan fingerprint density at radius 1 is 1.00 bits per heavy atom. The number of sulfonamides is 1. The number of nitrogens with zero attached hydrogens (tertiary/aromatic N) is 1. The van der Waals surface area contributed by atoms with E-state index in [1.807, 2.05) is 0 Å². The van der Waals surface area contributed by atoms with Crippen molar-refractivity contribution in [1.82, 2.24) is 0 Å². The molecule has 2 aromatic carbocycles. The Morgan fingerprint density at radius 3 is 2.17 bits per heavy atom. The maximum Gasteiger partial charge on any atom is 0.273 e. The minimum absolute atomic E-state index is 0.00213. The van der Waals surface area contributed by atoms with Crippen LogP contribution in [0.25, 0.3) is 0 Å². The zero-order valence-corrected chi connectivity index (χ0v) is 12.7. The molecule has 9 heteroatoms. The second-order valence-electron chi connectivity index (χ2n) is 4.47. The van der Waals surface area contributed by atoms with Crippen molar-refractivity contribution in [2.75, 3.05) is 13.2 Å². The molecule has 0 saturated carbocycles. The van der Waals surface area contributed by atoms with Crippen LogP contribution in [0.15, 0.2) is 53.4 Å². The van der Waals surface area contributed by atoms with E-state index in [2.05, 4.69) is 0 Å². The van der Waals surface area contributed by atoms with E-state index in [-0.39, 0.29) is 23.8 Å². The van der Waals surface area contributed by atoms with E-state index in [1.54, 1.807) is 6.07 Å². The van der Waals surface area contributed by atoms with E-state index in [1.165, 1.54) is 42.5 Å². The summed E-state index contributed by atoms with van der Waals surface area (Å²) in [4.78, 5) is 10.1. The molecule has 0 aliphatic carbocycles. The molecule has 0 aromatic heterocycles. The van der Waals surface area contributed by atoms with Crippen molar-refractivity contribution in [2.24, 2.45) is 5.14 Å². The van der Waals surface area contributed by atoms with Crippen molar-refractivity contribution in [3.8, 4) is 11.5 Å². The summed E-state index contributed by atoms with van der Waals surface area (Å²) in [5, 5.41) is 15.6. The zero-order chi connectivity index (χ0) is 16.9. The van der Waals surface area contributed by atoms with Crippen molar-refractivity contribution < 1.29 is 22.8 Å². The molecule has 2 N–H and O–H groups in total. The summed E-state index contributed by atoms with van der Waals surface area (Å²) in [5.41, 5.74) is -0.0537. The van der Waals surface area contributed by atoms with Crippen LogP contribution < -0.4 is 14.6 Å². The standard InChI is InChI=1S/C14H14N2O6S/c15-23(19,20)14-6-4-12(5-7-14)21-8-9-22-13-3-1-2-11(10-13)16(17)18/h1-7,10H,8-9H2,(H2,15,19,20). The van der Waals surface area contributed by atoms with Gasteiger partial charge in [-0.15, -0.1) is 0 Å². The van der Waals surface area contributed by atoms with E-state index >= 15 is 0 Å². The fraction of sp³-hybridized carbons (Fsp3) is 0.143. The Bertz CT molecular complexity index is 789. The van der Waals surface area contributed by atoms with E-state index < -0.39 is 14.9 Å². The first-order valence-electron chi connectivity index (χ1n) is 6.49. The number of benzene rings is 2. The smallest absolute Gasteiger partial charge is 0.273 e. The largest absolute Gasteiger partial charge is 0.490 e. The lowest BCUT2D eigenvalue weighted by atomic mass is 10.3. The number of hydrogen-bond acceptors (Lipinski definition) is 6. The normalized spacial score (nSPS) is 11.0. The Labute approximate surface area is 132 Å². The van der Waals surface area contributed by atoms with E-state index in [4.69, 9.17) is 14.6 Å². The van der Waals surface area contributed by atoms with Crippen LogP contribution in [0.4, 0.5) is 5.69 Å². The number of rotatable bonds is 7. The Kier molecular flexibility index (Phi) is 5.14. The monoisotopic (exact) mass is 338 g/mol. The van der Waals surface area contributed by atoms with Crippen LogP contribution in [-0.2, 0) is 10.0 Å². The molecule has 0 bridgehead atoms. The summed E-state index contributed by atoms with van der Waals surface area (Å²) >= 11 is 0. The van der Waals surface area contributed by atoms with Gasteiger partial charge < -0.3 is 9.47 Å². The third-order valence-electron chi connectivity index (χ3n) is 2.80. The lowest BCUT2D eigenvalue weighted by molar-refractivity contribution is -0.384. The summed E-state index contributed by atoms with van der Waals surface area (Å²) in [6.07, 6.45) is 0. The lowest BCUT2D eigenvalue weighted by Crippen LogP contribution is -2.12. The molecule has 2 rings (SSSR count). The summed E-state index contributed by atoms with van der Waals surface area (Å²) < 4.78 is 32.9. The molecule has 0 saturated heterocycles. The Balaban J connectivity index is 1.84. The van der Waals surface area contributed by atoms with Gasteiger partial charge in [-0.2, -0.15) is 0 Å². The van der Waals surface area contributed by atoms with Gasteiger partial charge in [0.2, 0.25) is 10.0 Å². The van der Waals surface area contributed by atoms with Gasteiger partial charge in [-0.1, -0.05) is 6.07 Å². The molecule has 8 nitrogen and oxygen atoms in total. The molecule has 0 atom stereocenters. The maximum atomic E-state index is 11.1. The van der Waals surface area contributed by atoms with Gasteiger partial charge >= 0.3 is 0 Å². The Hall–Kier alpha value is -2.65. The minimum atomic E-state index is -3.73. The summed E-state index contributed by atoms with van der Waals surface area (Å²) in [6, 6.07) is 11.5. The van der Waals surface area contributed by atoms with E-state index in [0.717, 1.165) is 0 Å². The highest BCUT2D eigenvalue weighted by Gasteiger charge is 2.08. The quantitative estimate of drug-likeness (QED) is 0.466. The minimum Gasteiger partial charge on any atom is -0.490 e. The number of hydrogen-bond donors (Lipinski definition) is 1. The topological polar surface area (TPSA) is 122 Å². The van der Waals surface area contributed by atoms with Gasteiger partial charge in [0.25, 0.3) is 5.69 Å². The van der Waals surface area contributed by atoms with Crippen molar-refractivity contribution >= 4 is 15.7 Å². The molecule has 0 radical (unpaired) electrons. The van der Waals surface area contributed by atoms with Gasteiger partial charge in [0.15, 0.2) is 0 Å². The third-order valence-corrected chi connectivity index (χ3v) is 3.73. The second kappa shape index (κ2) is 7.07. The fourth-order valence-electron chi connectivity index (χ4n) is 1.73. The highest BCUT2D eigenvalue weighted by molar-refractivity contribution is 7.89. The average molecular weight is 338 g/mol. The molecular formula is C14H14N2O6S. The molecule has 122 valence electrons. The molecule has 23 heavy (non-hydrogen) atoms. The van der Waals surface area contributed by atoms with Crippen molar-refractivity contribution in [1.29, 1.82) is 0 Å². The van der Waals surface area contributed by atoms with Crippen LogP contribution >= 0.6 is 0 Å². The fourth-order valence-corrected chi connectivity index (χ4v) is 2.25. The molecule has 0 heterocycles. The summed E-state index contributed by atoms with van der Waals surface area (Å²) in [7, 11) is -3.73. The maximum absolute atomic E-state index is 11.1. The van der Waals surface area contributed by atoms with Crippen LogP contribution in [0, 0.1) is 10.1 Å². The van der Waals surface area contributed by atoms with Gasteiger partial charge in [-0.3, -0.25) is 10.1 Å². The molecule has 2 aromatic rings. The number of nitrogens with two attached hydrogens (primary N) is 1. The van der Waals surface area contributed by atoms with E-state index in [0.29, 0.717) is 11.5 Å². The molecule has 0 spiro atoms. The van der Waals surface area contributed by atoms with Gasteiger partial charge in [-0.05, 0) is 30.3 Å². The van der Waals surface area contributed by atoms with Crippen LogP contribution in [0.2, 0.25) is 0 Å². The van der Waals surface area contributed by atoms with Crippen LogP contribution in [0.3, 0.4) is 0 Å². The highest BCUT2D eigenvalue weighted by atomic mass is 32.2. The lowest BCUT2D eigenvalue weighted by Gasteiger charge is -2.08. The number of primary sulfonamides is 1. The second-order valence-corrected chi connectivity index (χ2v) is 6.03. The molecule has 0 unspecified atom stereocenters. The van der Waals surface area contributed by atoms with Crippen molar-refractivity contribution in [3.63, 3.8) is 0 Å². The van der Waals surface area contributed by atoms with Crippen molar-refractivity contribution in [3.05, 3.63) is 58.6 Å². The summed E-state index contributed by atoms with van der Waals surface area (Å²) in [6.45, 7) is 0.371.